The van der Waals surface area contributed by atoms with Crippen molar-refractivity contribution in [1.29, 1.82) is 0 Å². The van der Waals surface area contributed by atoms with E-state index in [4.69, 9.17) is 0 Å². The molecular formula is C22H40N2O2. The van der Waals surface area contributed by atoms with Crippen LogP contribution >= 0.6 is 0 Å². The lowest BCUT2D eigenvalue weighted by molar-refractivity contribution is -0.146. The van der Waals surface area contributed by atoms with E-state index in [0.717, 1.165) is 25.7 Å². The van der Waals surface area contributed by atoms with Gasteiger partial charge in [0.15, 0.2) is 0 Å². The molecule has 2 amide bonds. The predicted octanol–water partition coefficient (Wildman–Crippen LogP) is 4.76. The monoisotopic (exact) mass is 364 g/mol. The summed E-state index contributed by atoms with van der Waals surface area (Å²) in [7, 11) is 2.16. The minimum Gasteiger partial charge on any atom is -0.296 e. The van der Waals surface area contributed by atoms with Gasteiger partial charge in [-0.25, -0.2) is 0 Å². The van der Waals surface area contributed by atoms with Crippen molar-refractivity contribution < 1.29 is 9.59 Å². The van der Waals surface area contributed by atoms with Gasteiger partial charge >= 0.3 is 0 Å². The second-order valence-electron chi connectivity index (χ2n) is 9.81. The second kappa shape index (κ2) is 8.41. The van der Waals surface area contributed by atoms with Crippen molar-refractivity contribution in [2.75, 3.05) is 7.05 Å². The zero-order chi connectivity index (χ0) is 19.5. The number of unbranched alkanes of at least 4 members (excludes halogenated alkanes) is 5. The van der Waals surface area contributed by atoms with Crippen molar-refractivity contribution in [2.24, 2.45) is 5.92 Å². The first-order valence-electron chi connectivity index (χ1n) is 10.7. The topological polar surface area (TPSA) is 40.6 Å². The van der Waals surface area contributed by atoms with Crippen LogP contribution in [0.2, 0.25) is 0 Å². The summed E-state index contributed by atoms with van der Waals surface area (Å²) >= 11 is 0. The van der Waals surface area contributed by atoms with E-state index < -0.39 is 0 Å². The molecule has 0 bridgehead atoms. The zero-order valence-electron chi connectivity index (χ0n) is 17.9. The van der Waals surface area contributed by atoms with Crippen LogP contribution in [-0.4, -0.2) is 45.8 Å². The molecule has 1 atom stereocenters. The van der Waals surface area contributed by atoms with E-state index in [-0.39, 0.29) is 34.9 Å². The van der Waals surface area contributed by atoms with Crippen molar-refractivity contribution in [3.8, 4) is 0 Å². The lowest BCUT2D eigenvalue weighted by Crippen LogP contribution is -2.63. The number of hydrogen-bond donors (Lipinski definition) is 0. The van der Waals surface area contributed by atoms with E-state index in [1.807, 2.05) is 0 Å². The van der Waals surface area contributed by atoms with Crippen LogP contribution in [-0.2, 0) is 9.59 Å². The van der Waals surface area contributed by atoms with E-state index in [0.29, 0.717) is 6.42 Å². The van der Waals surface area contributed by atoms with Gasteiger partial charge in [-0.2, -0.15) is 0 Å². The van der Waals surface area contributed by atoms with E-state index in [9.17, 15) is 9.59 Å². The van der Waals surface area contributed by atoms with Crippen molar-refractivity contribution in [3.63, 3.8) is 0 Å². The third kappa shape index (κ3) is 4.68. The Bertz CT molecular complexity index is 494. The van der Waals surface area contributed by atoms with Gasteiger partial charge in [0.2, 0.25) is 11.8 Å². The average Bonchev–Trinajstić information content (AvgIpc) is 2.82. The lowest BCUT2D eigenvalue weighted by Gasteiger charge is -2.54. The Kier molecular flexibility index (Phi) is 6.92. The number of carbonyl (C=O) groups is 2. The van der Waals surface area contributed by atoms with Crippen molar-refractivity contribution in [3.05, 3.63) is 0 Å². The highest BCUT2D eigenvalue weighted by Gasteiger charge is 2.50. The zero-order valence-corrected chi connectivity index (χ0v) is 17.9. The fraction of sp³-hybridized carbons (Fsp3) is 0.909. The van der Waals surface area contributed by atoms with E-state index in [1.165, 1.54) is 32.1 Å². The first-order chi connectivity index (χ1) is 12.1. The van der Waals surface area contributed by atoms with Crippen molar-refractivity contribution in [2.45, 2.75) is 116 Å². The maximum Gasteiger partial charge on any atom is 0.233 e. The van der Waals surface area contributed by atoms with Crippen LogP contribution in [0, 0.1) is 5.92 Å². The third-order valence-electron chi connectivity index (χ3n) is 6.83. The molecule has 0 N–H and O–H groups in total. The Morgan fingerprint density at radius 1 is 0.923 bits per heavy atom. The van der Waals surface area contributed by atoms with Gasteiger partial charge in [0, 0.05) is 29.5 Å². The molecule has 0 radical (unpaired) electrons. The van der Waals surface area contributed by atoms with Crippen LogP contribution in [0.15, 0.2) is 0 Å². The molecule has 0 spiro atoms. The largest absolute Gasteiger partial charge is 0.296 e. The SMILES string of the molecule is CCCCCCCCC1CC(=O)N(C2CC(C)(C)N(C)C(C)(C)C2)C1=O. The molecule has 2 saturated heterocycles. The number of imide groups is 1. The van der Waals surface area contributed by atoms with Gasteiger partial charge in [-0.05, 0) is 54.0 Å². The summed E-state index contributed by atoms with van der Waals surface area (Å²) < 4.78 is 0. The molecule has 150 valence electrons. The Morgan fingerprint density at radius 2 is 1.46 bits per heavy atom. The van der Waals surface area contributed by atoms with Crippen molar-refractivity contribution in [1.82, 2.24) is 9.80 Å². The Morgan fingerprint density at radius 3 is 2.04 bits per heavy atom. The molecule has 0 aromatic heterocycles. The summed E-state index contributed by atoms with van der Waals surface area (Å²) in [6.07, 6.45) is 10.4. The molecule has 26 heavy (non-hydrogen) atoms. The Balaban J connectivity index is 1.94. The van der Waals surface area contributed by atoms with Crippen LogP contribution < -0.4 is 0 Å². The van der Waals surface area contributed by atoms with Crippen molar-refractivity contribution >= 4 is 11.8 Å². The first kappa shape index (κ1) is 21.4. The number of likely N-dealkylation sites (tertiary alicyclic amines) is 2. The quantitative estimate of drug-likeness (QED) is 0.460. The van der Waals surface area contributed by atoms with Crippen LogP contribution in [0.25, 0.3) is 0 Å². The molecule has 0 aromatic rings. The fourth-order valence-corrected chi connectivity index (χ4v) is 5.00. The molecule has 2 fully saturated rings. The molecular weight excluding hydrogens is 324 g/mol. The molecule has 0 aromatic carbocycles. The molecule has 4 nitrogen and oxygen atoms in total. The number of nitrogens with zero attached hydrogens (tertiary/aromatic N) is 2. The maximum absolute atomic E-state index is 13.0. The number of hydrogen-bond acceptors (Lipinski definition) is 3. The smallest absolute Gasteiger partial charge is 0.233 e. The van der Waals surface area contributed by atoms with Gasteiger partial charge in [0.25, 0.3) is 0 Å². The molecule has 0 saturated carbocycles. The van der Waals surface area contributed by atoms with Gasteiger partial charge < -0.3 is 0 Å². The lowest BCUT2D eigenvalue weighted by atomic mass is 9.77. The molecule has 0 aliphatic carbocycles. The highest BCUT2D eigenvalue weighted by atomic mass is 16.2. The Labute approximate surface area is 160 Å². The molecule has 2 rings (SSSR count). The summed E-state index contributed by atoms with van der Waals surface area (Å²) in [6, 6.07) is 0.0470. The summed E-state index contributed by atoms with van der Waals surface area (Å²) in [5.41, 5.74) is -0.0192. The summed E-state index contributed by atoms with van der Waals surface area (Å²) in [5, 5.41) is 0. The molecule has 2 aliphatic heterocycles. The summed E-state index contributed by atoms with van der Waals surface area (Å²) in [6.45, 7) is 11.1. The van der Waals surface area contributed by atoms with Crippen LogP contribution in [0.4, 0.5) is 0 Å². The third-order valence-corrected chi connectivity index (χ3v) is 6.83. The predicted molar refractivity (Wildman–Crippen MR) is 107 cm³/mol. The fourth-order valence-electron chi connectivity index (χ4n) is 5.00. The van der Waals surface area contributed by atoms with Crippen LogP contribution in [0.1, 0.15) is 98.8 Å². The molecule has 2 aliphatic rings. The standard InChI is InChI=1S/C22H40N2O2/c1-7-8-9-10-11-12-13-17-14-19(25)24(20(17)26)18-15-21(2,3)23(6)22(4,5)16-18/h17-18H,7-16H2,1-6H3. The minimum atomic E-state index is -0.0699. The summed E-state index contributed by atoms with van der Waals surface area (Å²) in [5.74, 6) is 0.0939. The Hall–Kier alpha value is -0.900. The molecule has 1 unspecified atom stereocenters. The van der Waals surface area contributed by atoms with Gasteiger partial charge in [0.1, 0.15) is 0 Å². The minimum absolute atomic E-state index is 0.00958. The van der Waals surface area contributed by atoms with E-state index in [1.54, 1.807) is 4.90 Å². The number of rotatable bonds is 8. The molecule has 2 heterocycles. The van der Waals surface area contributed by atoms with Gasteiger partial charge in [-0.3, -0.25) is 19.4 Å². The summed E-state index contributed by atoms with van der Waals surface area (Å²) in [4.78, 5) is 29.7. The highest BCUT2D eigenvalue weighted by molar-refractivity contribution is 6.03. The maximum atomic E-state index is 13.0. The number of amides is 2. The van der Waals surface area contributed by atoms with E-state index >= 15 is 0 Å². The first-order valence-corrected chi connectivity index (χ1v) is 10.7. The average molecular weight is 365 g/mol. The van der Waals surface area contributed by atoms with Gasteiger partial charge in [0.05, 0.1) is 0 Å². The highest BCUT2D eigenvalue weighted by Crippen LogP contribution is 2.41. The molecule has 4 heteroatoms. The number of carbonyl (C=O) groups excluding carboxylic acids is 2. The number of piperidine rings is 1. The second-order valence-corrected chi connectivity index (χ2v) is 9.81. The van der Waals surface area contributed by atoms with Crippen LogP contribution in [0.3, 0.4) is 0 Å². The normalized spacial score (nSPS) is 26.7. The van der Waals surface area contributed by atoms with Gasteiger partial charge in [-0.15, -0.1) is 0 Å². The van der Waals surface area contributed by atoms with Gasteiger partial charge in [-0.1, -0.05) is 45.4 Å². The van der Waals surface area contributed by atoms with Crippen LogP contribution in [0.5, 0.6) is 0 Å². The van der Waals surface area contributed by atoms with E-state index in [2.05, 4.69) is 46.6 Å².